The quantitative estimate of drug-likeness (QED) is 0.453. The van der Waals surface area contributed by atoms with Crippen molar-refractivity contribution in [2.45, 2.75) is 77.6 Å². The number of aliphatic hydroxyl groups excluding tert-OH is 1. The number of aryl methyl sites for hydroxylation is 1. The van der Waals surface area contributed by atoms with E-state index in [9.17, 15) is 14.7 Å². The van der Waals surface area contributed by atoms with Crippen LogP contribution in [-0.2, 0) is 16.1 Å². The fourth-order valence-electron chi connectivity index (χ4n) is 5.25. The SMILES string of the molecule is CCCCN1C(=O)[C@@H]([C@H](O)C(C)C)NC(=O)C12CCN(Cc1ccc(Oc3ccc(C)nc3)cc1)CC2.Cl.Cl. The molecule has 2 aliphatic rings. The van der Waals surface area contributed by atoms with E-state index in [1.165, 1.54) is 0 Å². The number of piperidine rings is 1. The Labute approximate surface area is 244 Å². The molecule has 0 bridgehead atoms. The van der Waals surface area contributed by atoms with Crippen molar-refractivity contribution in [3.63, 3.8) is 0 Å². The van der Waals surface area contributed by atoms with Gasteiger partial charge in [-0.3, -0.25) is 19.5 Å². The highest BCUT2D eigenvalue weighted by molar-refractivity contribution is 6.00. The van der Waals surface area contributed by atoms with Crippen LogP contribution in [0.5, 0.6) is 11.5 Å². The summed E-state index contributed by atoms with van der Waals surface area (Å²) in [4.78, 5) is 35.3. The first-order chi connectivity index (χ1) is 17.7. The molecule has 1 spiro atoms. The molecule has 8 nitrogen and oxygen atoms in total. The minimum atomic E-state index is -0.896. The minimum absolute atomic E-state index is 0. The zero-order valence-electron chi connectivity index (χ0n) is 23.3. The van der Waals surface area contributed by atoms with E-state index in [0.29, 0.717) is 38.2 Å². The maximum Gasteiger partial charge on any atom is 0.248 e. The predicted molar refractivity (Wildman–Crippen MR) is 157 cm³/mol. The normalized spacial score (nSPS) is 19.7. The third-order valence-electron chi connectivity index (χ3n) is 7.65. The van der Waals surface area contributed by atoms with Crippen LogP contribution in [0.25, 0.3) is 0 Å². The molecule has 0 unspecified atom stereocenters. The average Bonchev–Trinajstić information content (AvgIpc) is 2.89. The van der Waals surface area contributed by atoms with Crippen molar-refractivity contribution in [3.8, 4) is 11.5 Å². The standard InChI is InChI=1S/C29H40N4O4.2ClH/c1-5-6-15-33-27(35)25(26(34)20(2)3)31-28(36)29(33)13-16-32(17-14-29)19-22-8-11-23(12-9-22)37-24-10-7-21(4)30-18-24;;/h7-12,18,20,25-26,34H,5-6,13-17,19H2,1-4H3,(H,31,36);2*1H/t25-,26-;;/m1../s1. The number of likely N-dealkylation sites (tertiary alicyclic amines) is 1. The molecule has 2 saturated heterocycles. The Kier molecular flexibility index (Phi) is 12.0. The van der Waals surface area contributed by atoms with Crippen molar-refractivity contribution < 1.29 is 19.4 Å². The van der Waals surface area contributed by atoms with Crippen LogP contribution in [0.2, 0.25) is 0 Å². The first-order valence-electron chi connectivity index (χ1n) is 13.5. The van der Waals surface area contributed by atoms with E-state index in [1.54, 1.807) is 11.1 Å². The number of amides is 2. The Morgan fingerprint density at radius 3 is 2.28 bits per heavy atom. The molecule has 4 rings (SSSR count). The Hall–Kier alpha value is -2.39. The highest BCUT2D eigenvalue weighted by Crippen LogP contribution is 2.35. The van der Waals surface area contributed by atoms with Gasteiger partial charge in [0.2, 0.25) is 11.8 Å². The number of benzene rings is 1. The van der Waals surface area contributed by atoms with Crippen molar-refractivity contribution in [2.75, 3.05) is 19.6 Å². The Balaban J connectivity index is 0.00000267. The Morgan fingerprint density at radius 1 is 1.08 bits per heavy atom. The number of nitrogens with zero attached hydrogens (tertiary/aromatic N) is 3. The lowest BCUT2D eigenvalue weighted by Gasteiger charge is -2.52. The molecule has 2 amide bonds. The lowest BCUT2D eigenvalue weighted by Crippen LogP contribution is -2.74. The number of ether oxygens (including phenoxy) is 1. The number of nitrogens with one attached hydrogen (secondary N) is 1. The molecule has 1 aromatic carbocycles. The molecule has 1 aromatic heterocycles. The van der Waals surface area contributed by atoms with Gasteiger partial charge in [-0.2, -0.15) is 0 Å². The van der Waals surface area contributed by atoms with Gasteiger partial charge in [0.25, 0.3) is 0 Å². The van der Waals surface area contributed by atoms with Gasteiger partial charge in [0.1, 0.15) is 23.1 Å². The van der Waals surface area contributed by atoms with E-state index in [-0.39, 0.29) is 42.5 Å². The molecular weight excluding hydrogens is 539 g/mol. The summed E-state index contributed by atoms with van der Waals surface area (Å²) in [6.45, 7) is 10.5. The molecule has 39 heavy (non-hydrogen) atoms. The van der Waals surface area contributed by atoms with E-state index in [4.69, 9.17) is 4.74 Å². The van der Waals surface area contributed by atoms with Gasteiger partial charge < -0.3 is 20.1 Å². The Bertz CT molecular complexity index is 1070. The molecule has 2 aliphatic heterocycles. The maximum absolute atomic E-state index is 13.5. The van der Waals surface area contributed by atoms with Crippen LogP contribution in [-0.4, -0.2) is 69.0 Å². The second kappa shape index (κ2) is 14.3. The number of unbranched alkanes of at least 4 members (excludes halogenated alkanes) is 1. The lowest BCUT2D eigenvalue weighted by molar-refractivity contribution is -0.165. The minimum Gasteiger partial charge on any atom is -0.456 e. The van der Waals surface area contributed by atoms with Gasteiger partial charge in [0.15, 0.2) is 0 Å². The molecule has 10 heteroatoms. The van der Waals surface area contributed by atoms with E-state index < -0.39 is 17.7 Å². The second-order valence-electron chi connectivity index (χ2n) is 10.7. The molecule has 216 valence electrons. The van der Waals surface area contributed by atoms with E-state index >= 15 is 0 Å². The number of piperazine rings is 1. The van der Waals surface area contributed by atoms with E-state index in [0.717, 1.165) is 36.4 Å². The largest absolute Gasteiger partial charge is 0.456 e. The lowest BCUT2D eigenvalue weighted by atomic mass is 9.80. The molecule has 2 aromatic rings. The summed E-state index contributed by atoms with van der Waals surface area (Å²) in [5.74, 6) is 1.06. The topological polar surface area (TPSA) is 95.0 Å². The van der Waals surface area contributed by atoms with Gasteiger partial charge >= 0.3 is 0 Å². The van der Waals surface area contributed by atoms with Gasteiger partial charge in [-0.15, -0.1) is 24.8 Å². The molecule has 3 heterocycles. The van der Waals surface area contributed by atoms with Crippen molar-refractivity contribution >= 4 is 36.6 Å². The van der Waals surface area contributed by atoms with E-state index in [1.807, 2.05) is 45.0 Å². The Morgan fingerprint density at radius 2 is 1.72 bits per heavy atom. The number of aromatic nitrogens is 1. The van der Waals surface area contributed by atoms with Gasteiger partial charge in [-0.1, -0.05) is 39.3 Å². The molecule has 2 fully saturated rings. The van der Waals surface area contributed by atoms with Gasteiger partial charge in [-0.25, -0.2) is 0 Å². The molecule has 2 N–H and O–H groups in total. The van der Waals surface area contributed by atoms with Gasteiger partial charge in [-0.05, 0) is 61.9 Å². The summed E-state index contributed by atoms with van der Waals surface area (Å²) in [5, 5.41) is 13.5. The summed E-state index contributed by atoms with van der Waals surface area (Å²) in [5.41, 5.74) is 1.27. The first kappa shape index (κ1) is 32.8. The van der Waals surface area contributed by atoms with E-state index in [2.05, 4.69) is 34.3 Å². The van der Waals surface area contributed by atoms with Crippen LogP contribution >= 0.6 is 24.8 Å². The number of hydrogen-bond donors (Lipinski definition) is 2. The van der Waals surface area contributed by atoms with Crippen LogP contribution in [0.1, 0.15) is 57.7 Å². The van der Waals surface area contributed by atoms with Gasteiger partial charge in [0.05, 0.1) is 12.3 Å². The predicted octanol–water partition coefficient (Wildman–Crippen LogP) is 4.50. The number of aliphatic hydroxyl groups is 1. The third kappa shape index (κ3) is 7.42. The highest BCUT2D eigenvalue weighted by Gasteiger charge is 2.54. The summed E-state index contributed by atoms with van der Waals surface area (Å²) in [6, 6.07) is 11.0. The zero-order valence-corrected chi connectivity index (χ0v) is 24.9. The van der Waals surface area contributed by atoms with Gasteiger partial charge in [0, 0.05) is 31.9 Å². The number of hydrogen-bond acceptors (Lipinski definition) is 6. The summed E-state index contributed by atoms with van der Waals surface area (Å²) in [7, 11) is 0. The van der Waals surface area contributed by atoms with Crippen LogP contribution in [0.4, 0.5) is 0 Å². The fraction of sp³-hybridized carbons (Fsp3) is 0.552. The zero-order chi connectivity index (χ0) is 26.6. The highest BCUT2D eigenvalue weighted by atomic mass is 35.5. The summed E-state index contributed by atoms with van der Waals surface area (Å²) in [6.07, 6.45) is 3.76. The first-order valence-corrected chi connectivity index (χ1v) is 13.5. The number of pyridine rings is 1. The molecular formula is C29H42Cl2N4O4. The van der Waals surface area contributed by atoms with Crippen LogP contribution in [0.15, 0.2) is 42.6 Å². The van der Waals surface area contributed by atoms with Crippen LogP contribution < -0.4 is 10.1 Å². The molecule has 0 radical (unpaired) electrons. The number of carbonyl (C=O) groups is 2. The smallest absolute Gasteiger partial charge is 0.248 e. The number of rotatable bonds is 9. The van der Waals surface area contributed by atoms with Crippen molar-refractivity contribution in [3.05, 3.63) is 53.9 Å². The fourth-order valence-corrected chi connectivity index (χ4v) is 5.25. The summed E-state index contributed by atoms with van der Waals surface area (Å²) >= 11 is 0. The van der Waals surface area contributed by atoms with Crippen LogP contribution in [0, 0.1) is 12.8 Å². The maximum atomic E-state index is 13.5. The molecule has 0 saturated carbocycles. The van der Waals surface area contributed by atoms with Crippen molar-refractivity contribution in [1.82, 2.24) is 20.1 Å². The molecule has 2 atom stereocenters. The third-order valence-corrected chi connectivity index (χ3v) is 7.65. The average molecular weight is 582 g/mol. The molecule has 0 aliphatic carbocycles. The van der Waals surface area contributed by atoms with Crippen molar-refractivity contribution in [2.24, 2.45) is 5.92 Å². The number of halogens is 2. The number of carbonyl (C=O) groups excluding carboxylic acids is 2. The monoisotopic (exact) mass is 580 g/mol. The van der Waals surface area contributed by atoms with Crippen molar-refractivity contribution in [1.29, 1.82) is 0 Å². The second-order valence-corrected chi connectivity index (χ2v) is 10.7. The summed E-state index contributed by atoms with van der Waals surface area (Å²) < 4.78 is 5.88. The van der Waals surface area contributed by atoms with Crippen LogP contribution in [0.3, 0.4) is 0 Å².